The van der Waals surface area contributed by atoms with E-state index in [9.17, 15) is 9.59 Å². The van der Waals surface area contributed by atoms with Gasteiger partial charge in [-0.2, -0.15) is 0 Å². The Balaban J connectivity index is 1.55. The SMILES string of the molecule is O=C(CSc1nc2ccccc2c(=O)n1C[C@H]1CCCO1)Nc1ccc(Cl)cc1. The van der Waals surface area contributed by atoms with Gasteiger partial charge in [0.25, 0.3) is 5.56 Å². The molecule has 150 valence electrons. The Labute approximate surface area is 177 Å². The van der Waals surface area contributed by atoms with Crippen LogP contribution in [0.2, 0.25) is 5.02 Å². The maximum atomic E-state index is 13.0. The van der Waals surface area contributed by atoms with Crippen LogP contribution in [0.3, 0.4) is 0 Å². The second-order valence-corrected chi connectivity index (χ2v) is 8.18. The maximum absolute atomic E-state index is 13.0. The van der Waals surface area contributed by atoms with Gasteiger partial charge in [-0.3, -0.25) is 14.2 Å². The predicted molar refractivity (Wildman–Crippen MR) is 116 cm³/mol. The molecule has 1 atom stereocenters. The van der Waals surface area contributed by atoms with Gasteiger partial charge in [-0.1, -0.05) is 35.5 Å². The van der Waals surface area contributed by atoms with Gasteiger partial charge in [0.05, 0.1) is 29.3 Å². The maximum Gasteiger partial charge on any atom is 0.262 e. The molecule has 2 aromatic carbocycles. The number of nitrogens with one attached hydrogen (secondary N) is 1. The highest BCUT2D eigenvalue weighted by Crippen LogP contribution is 2.21. The number of hydrogen-bond acceptors (Lipinski definition) is 5. The minimum absolute atomic E-state index is 0.00194. The van der Waals surface area contributed by atoms with E-state index in [1.54, 1.807) is 34.9 Å². The lowest BCUT2D eigenvalue weighted by atomic mass is 10.2. The molecule has 0 bridgehead atoms. The van der Waals surface area contributed by atoms with Gasteiger partial charge in [0, 0.05) is 17.3 Å². The summed E-state index contributed by atoms with van der Waals surface area (Å²) in [6.07, 6.45) is 1.91. The summed E-state index contributed by atoms with van der Waals surface area (Å²) in [6, 6.07) is 14.2. The molecular weight excluding hydrogens is 410 g/mol. The zero-order chi connectivity index (χ0) is 20.2. The molecule has 0 unspecified atom stereocenters. The molecule has 0 saturated carbocycles. The molecule has 1 aromatic heterocycles. The van der Waals surface area contributed by atoms with Crippen LogP contribution in [0.4, 0.5) is 5.69 Å². The number of thioether (sulfide) groups is 1. The second kappa shape index (κ2) is 8.98. The van der Waals surface area contributed by atoms with Gasteiger partial charge in [0.1, 0.15) is 0 Å². The average Bonchev–Trinajstić information content (AvgIpc) is 3.24. The van der Waals surface area contributed by atoms with Crippen molar-refractivity contribution < 1.29 is 9.53 Å². The van der Waals surface area contributed by atoms with Crippen molar-refractivity contribution in [3.63, 3.8) is 0 Å². The molecule has 1 saturated heterocycles. The molecule has 1 N–H and O–H groups in total. The number of ether oxygens (including phenoxy) is 1. The van der Waals surface area contributed by atoms with Crippen LogP contribution in [0.1, 0.15) is 12.8 Å². The topological polar surface area (TPSA) is 73.2 Å². The number of carbonyl (C=O) groups is 1. The summed E-state index contributed by atoms with van der Waals surface area (Å²) in [5.74, 6) is -0.0396. The molecule has 4 rings (SSSR count). The lowest BCUT2D eigenvalue weighted by Crippen LogP contribution is -2.29. The summed E-state index contributed by atoms with van der Waals surface area (Å²) in [4.78, 5) is 30.1. The Bertz CT molecular complexity index is 1080. The first-order valence-corrected chi connectivity index (χ1v) is 10.8. The number of anilines is 1. The van der Waals surface area contributed by atoms with Crippen LogP contribution in [-0.4, -0.2) is 33.9 Å². The van der Waals surface area contributed by atoms with E-state index in [0.717, 1.165) is 12.8 Å². The Morgan fingerprint density at radius 3 is 2.79 bits per heavy atom. The van der Waals surface area contributed by atoms with Crippen molar-refractivity contribution in [2.24, 2.45) is 0 Å². The van der Waals surface area contributed by atoms with E-state index in [-0.39, 0.29) is 23.3 Å². The molecule has 2 heterocycles. The molecule has 0 aliphatic carbocycles. The molecule has 1 fully saturated rings. The van der Waals surface area contributed by atoms with Crippen molar-refractivity contribution in [3.8, 4) is 0 Å². The van der Waals surface area contributed by atoms with Crippen LogP contribution < -0.4 is 10.9 Å². The van der Waals surface area contributed by atoms with Gasteiger partial charge in [-0.05, 0) is 49.2 Å². The van der Waals surface area contributed by atoms with E-state index in [2.05, 4.69) is 10.3 Å². The van der Waals surface area contributed by atoms with Crippen LogP contribution >= 0.6 is 23.4 Å². The van der Waals surface area contributed by atoms with E-state index >= 15 is 0 Å². The molecule has 6 nitrogen and oxygen atoms in total. The number of fused-ring (bicyclic) bond motifs is 1. The highest BCUT2D eigenvalue weighted by Gasteiger charge is 2.20. The van der Waals surface area contributed by atoms with Gasteiger partial charge in [0.15, 0.2) is 5.16 Å². The highest BCUT2D eigenvalue weighted by atomic mass is 35.5. The van der Waals surface area contributed by atoms with Gasteiger partial charge in [-0.25, -0.2) is 4.98 Å². The van der Waals surface area contributed by atoms with Crippen LogP contribution in [0.5, 0.6) is 0 Å². The third kappa shape index (κ3) is 4.80. The largest absolute Gasteiger partial charge is 0.376 e. The monoisotopic (exact) mass is 429 g/mol. The molecule has 1 amide bonds. The second-order valence-electron chi connectivity index (χ2n) is 6.81. The molecular formula is C21H20ClN3O3S. The van der Waals surface area contributed by atoms with Crippen LogP contribution in [0, 0.1) is 0 Å². The Hall–Kier alpha value is -2.35. The third-order valence-electron chi connectivity index (χ3n) is 4.70. The zero-order valence-electron chi connectivity index (χ0n) is 15.6. The quantitative estimate of drug-likeness (QED) is 0.474. The van der Waals surface area contributed by atoms with Crippen molar-refractivity contribution in [1.29, 1.82) is 0 Å². The predicted octanol–water partition coefficient (Wildman–Crippen LogP) is 3.96. The number of hydrogen-bond donors (Lipinski definition) is 1. The normalized spacial score (nSPS) is 16.2. The van der Waals surface area contributed by atoms with Gasteiger partial charge in [-0.15, -0.1) is 0 Å². The summed E-state index contributed by atoms with van der Waals surface area (Å²) in [6.45, 7) is 1.16. The highest BCUT2D eigenvalue weighted by molar-refractivity contribution is 7.99. The fraction of sp³-hybridized carbons (Fsp3) is 0.286. The van der Waals surface area contributed by atoms with Gasteiger partial charge >= 0.3 is 0 Å². The Kier molecular flexibility index (Phi) is 6.18. The van der Waals surface area contributed by atoms with Crippen LogP contribution in [0.15, 0.2) is 58.5 Å². The number of aromatic nitrogens is 2. The van der Waals surface area contributed by atoms with Crippen molar-refractivity contribution >= 4 is 45.9 Å². The minimum atomic E-state index is -0.177. The first-order valence-electron chi connectivity index (χ1n) is 9.39. The molecule has 1 aliphatic rings. The summed E-state index contributed by atoms with van der Waals surface area (Å²) in [7, 11) is 0. The standard InChI is InChI=1S/C21H20ClN3O3S/c22-14-7-9-15(10-8-14)23-19(26)13-29-21-24-18-6-2-1-5-17(18)20(27)25(21)12-16-4-3-11-28-16/h1-2,5-10,16H,3-4,11-13H2,(H,23,26)/t16-/m1/s1. The fourth-order valence-electron chi connectivity index (χ4n) is 3.27. The number of nitrogens with zero attached hydrogens (tertiary/aromatic N) is 2. The number of benzene rings is 2. The minimum Gasteiger partial charge on any atom is -0.376 e. The summed E-state index contributed by atoms with van der Waals surface area (Å²) in [5.41, 5.74) is 1.19. The molecule has 29 heavy (non-hydrogen) atoms. The number of rotatable bonds is 6. The van der Waals surface area contributed by atoms with E-state index in [4.69, 9.17) is 16.3 Å². The number of amides is 1. The molecule has 3 aromatic rings. The summed E-state index contributed by atoms with van der Waals surface area (Å²) < 4.78 is 7.34. The van der Waals surface area contributed by atoms with Gasteiger partial charge in [0.2, 0.25) is 5.91 Å². The molecule has 8 heteroatoms. The molecule has 0 radical (unpaired) electrons. The van der Waals surface area contributed by atoms with E-state index in [1.165, 1.54) is 11.8 Å². The van der Waals surface area contributed by atoms with Crippen molar-refractivity contribution in [2.45, 2.75) is 30.6 Å². The van der Waals surface area contributed by atoms with E-state index in [1.807, 2.05) is 18.2 Å². The van der Waals surface area contributed by atoms with Crippen molar-refractivity contribution in [1.82, 2.24) is 9.55 Å². The lowest BCUT2D eigenvalue weighted by molar-refractivity contribution is -0.113. The summed E-state index contributed by atoms with van der Waals surface area (Å²) >= 11 is 7.12. The lowest BCUT2D eigenvalue weighted by Gasteiger charge is -2.16. The third-order valence-corrected chi connectivity index (χ3v) is 5.93. The summed E-state index contributed by atoms with van der Waals surface area (Å²) in [5, 5.41) is 4.53. The fourth-order valence-corrected chi connectivity index (χ4v) is 4.21. The first-order chi connectivity index (χ1) is 14.1. The van der Waals surface area contributed by atoms with Crippen LogP contribution in [-0.2, 0) is 16.1 Å². The number of carbonyl (C=O) groups excluding carboxylic acids is 1. The first kappa shape index (κ1) is 19.9. The van der Waals surface area contributed by atoms with E-state index in [0.29, 0.717) is 39.9 Å². The average molecular weight is 430 g/mol. The number of halogens is 1. The van der Waals surface area contributed by atoms with Crippen LogP contribution in [0.25, 0.3) is 10.9 Å². The van der Waals surface area contributed by atoms with Crippen molar-refractivity contribution in [3.05, 3.63) is 63.9 Å². The zero-order valence-corrected chi connectivity index (χ0v) is 17.2. The van der Waals surface area contributed by atoms with Gasteiger partial charge < -0.3 is 10.1 Å². The molecule has 0 spiro atoms. The van der Waals surface area contributed by atoms with E-state index < -0.39 is 0 Å². The smallest absolute Gasteiger partial charge is 0.262 e. The number of para-hydroxylation sites is 1. The Morgan fingerprint density at radius 2 is 2.03 bits per heavy atom. The Morgan fingerprint density at radius 1 is 1.24 bits per heavy atom. The van der Waals surface area contributed by atoms with Crippen molar-refractivity contribution in [2.75, 3.05) is 17.7 Å². The molecule has 1 aliphatic heterocycles.